The first-order valence-electron chi connectivity index (χ1n) is 10.8. The molecular weight excluding hydrogens is 400 g/mol. The molecule has 1 saturated carbocycles. The minimum absolute atomic E-state index is 0.0302. The van der Waals surface area contributed by atoms with E-state index in [1.807, 2.05) is 21.6 Å². The van der Waals surface area contributed by atoms with E-state index in [-0.39, 0.29) is 30.2 Å². The van der Waals surface area contributed by atoms with Crippen LogP contribution in [-0.2, 0) is 16.1 Å². The van der Waals surface area contributed by atoms with Crippen molar-refractivity contribution >= 4 is 5.91 Å². The first-order chi connectivity index (χ1) is 15.1. The summed E-state index contributed by atoms with van der Waals surface area (Å²) in [6.07, 6.45) is 3.80. The summed E-state index contributed by atoms with van der Waals surface area (Å²) in [6.45, 7) is 2.09. The Balaban J connectivity index is 1.43. The molecule has 2 aromatic rings. The quantitative estimate of drug-likeness (QED) is 0.603. The lowest BCUT2D eigenvalue weighted by molar-refractivity contribution is -0.134. The molecule has 9 heteroatoms. The van der Waals surface area contributed by atoms with Crippen LogP contribution >= 0.6 is 0 Å². The number of aromatic nitrogens is 3. The van der Waals surface area contributed by atoms with Crippen molar-refractivity contribution in [2.45, 2.75) is 44.2 Å². The fraction of sp³-hybridized carbons (Fsp3) is 0.591. The number of hydrogen-bond acceptors (Lipinski definition) is 6. The molecule has 1 aliphatic heterocycles. The maximum absolute atomic E-state index is 12.8. The van der Waals surface area contributed by atoms with Crippen LogP contribution < -0.4 is 15.2 Å². The van der Waals surface area contributed by atoms with E-state index in [0.717, 1.165) is 31.5 Å². The van der Waals surface area contributed by atoms with Crippen LogP contribution in [-0.4, -0.2) is 65.7 Å². The summed E-state index contributed by atoms with van der Waals surface area (Å²) in [7, 11) is 3.21. The highest BCUT2D eigenvalue weighted by Gasteiger charge is 2.35. The molecule has 0 radical (unpaired) electrons. The van der Waals surface area contributed by atoms with Gasteiger partial charge >= 0.3 is 5.69 Å². The first kappa shape index (κ1) is 21.4. The highest BCUT2D eigenvalue weighted by Crippen LogP contribution is 2.37. The van der Waals surface area contributed by atoms with Crippen molar-refractivity contribution in [2.75, 3.05) is 40.5 Å². The first-order valence-corrected chi connectivity index (χ1v) is 10.8. The topological polar surface area (TPSA) is 87.8 Å². The Kier molecular flexibility index (Phi) is 6.60. The molecule has 4 rings (SSSR count). The lowest BCUT2D eigenvalue weighted by Crippen LogP contribution is -2.42. The van der Waals surface area contributed by atoms with E-state index in [2.05, 4.69) is 5.10 Å². The minimum Gasteiger partial charge on any atom is -0.497 e. The summed E-state index contributed by atoms with van der Waals surface area (Å²) in [5.74, 6) is 2.07. The van der Waals surface area contributed by atoms with Gasteiger partial charge in [0, 0.05) is 38.2 Å². The van der Waals surface area contributed by atoms with Crippen LogP contribution in [0.15, 0.2) is 29.1 Å². The van der Waals surface area contributed by atoms with Gasteiger partial charge in [-0.1, -0.05) is 6.07 Å². The molecule has 2 heterocycles. The van der Waals surface area contributed by atoms with Crippen LogP contribution in [0.5, 0.6) is 11.5 Å². The number of nitrogens with zero attached hydrogens (tertiary/aromatic N) is 4. The second kappa shape index (κ2) is 9.55. The molecule has 9 nitrogen and oxygen atoms in total. The van der Waals surface area contributed by atoms with Gasteiger partial charge in [-0.2, -0.15) is 5.10 Å². The summed E-state index contributed by atoms with van der Waals surface area (Å²) >= 11 is 0. The van der Waals surface area contributed by atoms with Crippen molar-refractivity contribution in [2.24, 2.45) is 0 Å². The predicted octanol–water partition coefficient (Wildman–Crippen LogP) is 1.82. The van der Waals surface area contributed by atoms with Crippen LogP contribution in [0, 0.1) is 0 Å². The minimum atomic E-state index is -0.0700. The maximum Gasteiger partial charge on any atom is 0.346 e. The molecule has 1 aromatic carbocycles. The number of piperidine rings is 1. The zero-order chi connectivity index (χ0) is 21.8. The normalized spacial score (nSPS) is 18.8. The van der Waals surface area contributed by atoms with Gasteiger partial charge in [0.1, 0.15) is 17.3 Å². The number of methoxy groups -OCH3 is 2. The van der Waals surface area contributed by atoms with Gasteiger partial charge in [0.15, 0.2) is 6.61 Å². The highest BCUT2D eigenvalue weighted by atomic mass is 16.5. The molecule has 0 spiro atoms. The third-order valence-electron chi connectivity index (χ3n) is 5.86. The Morgan fingerprint density at radius 3 is 2.74 bits per heavy atom. The zero-order valence-corrected chi connectivity index (χ0v) is 18.2. The average molecular weight is 431 g/mol. The van der Waals surface area contributed by atoms with Gasteiger partial charge in [0.05, 0.1) is 20.3 Å². The Labute approximate surface area is 181 Å². The van der Waals surface area contributed by atoms with Crippen molar-refractivity contribution < 1.29 is 19.0 Å². The number of carbonyl (C=O) groups is 1. The fourth-order valence-corrected chi connectivity index (χ4v) is 4.06. The van der Waals surface area contributed by atoms with Crippen LogP contribution in [0.3, 0.4) is 0 Å². The lowest BCUT2D eigenvalue weighted by atomic mass is 9.97. The van der Waals surface area contributed by atoms with Crippen molar-refractivity contribution in [1.29, 1.82) is 0 Å². The maximum atomic E-state index is 12.8. The van der Waals surface area contributed by atoms with Crippen LogP contribution in [0.2, 0.25) is 0 Å². The Morgan fingerprint density at radius 1 is 1.19 bits per heavy atom. The van der Waals surface area contributed by atoms with Crippen molar-refractivity contribution in [3.05, 3.63) is 40.6 Å². The number of hydrogen-bond donors (Lipinski definition) is 0. The van der Waals surface area contributed by atoms with Crippen molar-refractivity contribution in [1.82, 2.24) is 19.2 Å². The zero-order valence-electron chi connectivity index (χ0n) is 18.2. The van der Waals surface area contributed by atoms with Gasteiger partial charge in [-0.25, -0.2) is 9.48 Å². The predicted molar refractivity (Wildman–Crippen MR) is 114 cm³/mol. The molecule has 31 heavy (non-hydrogen) atoms. The van der Waals surface area contributed by atoms with E-state index in [4.69, 9.17) is 14.2 Å². The summed E-state index contributed by atoms with van der Waals surface area (Å²) in [6, 6.07) is 7.45. The summed E-state index contributed by atoms with van der Waals surface area (Å²) < 4.78 is 19.3. The third-order valence-corrected chi connectivity index (χ3v) is 5.86. The molecule has 2 fully saturated rings. The van der Waals surface area contributed by atoms with E-state index in [9.17, 15) is 9.59 Å². The largest absolute Gasteiger partial charge is 0.497 e. The molecule has 1 saturated heterocycles. The molecule has 1 aromatic heterocycles. The fourth-order valence-electron chi connectivity index (χ4n) is 4.06. The molecule has 1 aliphatic carbocycles. The smallest absolute Gasteiger partial charge is 0.346 e. The molecular formula is C22H30N4O5. The highest BCUT2D eigenvalue weighted by molar-refractivity contribution is 5.78. The average Bonchev–Trinajstić information content (AvgIpc) is 3.59. The standard InChI is InChI=1S/C22H30N4O5/c1-29-12-11-25-22(28)26(17-8-9-17)21(23-25)16-5-4-10-24(14-16)20(27)15-31-19-7-3-6-18(13-19)30-2/h3,6-7,13,16-17H,4-5,8-12,14-15H2,1-2H3. The Bertz CT molecular complexity index is 965. The number of ether oxygens (including phenoxy) is 3. The summed E-state index contributed by atoms with van der Waals surface area (Å²) in [4.78, 5) is 27.5. The molecule has 1 atom stereocenters. The SMILES string of the molecule is COCCn1nc(C2CCCN(C(=O)COc3cccc(OC)c3)C2)n(C2CC2)c1=O. The van der Waals surface area contributed by atoms with Crippen LogP contribution in [0.25, 0.3) is 0 Å². The van der Waals surface area contributed by atoms with E-state index in [0.29, 0.717) is 37.7 Å². The summed E-state index contributed by atoms with van der Waals surface area (Å²) in [5, 5.41) is 4.64. The van der Waals surface area contributed by atoms with E-state index in [1.165, 1.54) is 4.68 Å². The van der Waals surface area contributed by atoms with Crippen molar-refractivity contribution in [3.8, 4) is 11.5 Å². The second-order valence-electron chi connectivity index (χ2n) is 8.10. The molecule has 168 valence electrons. The summed E-state index contributed by atoms with van der Waals surface area (Å²) in [5.41, 5.74) is -0.0700. The third kappa shape index (κ3) is 4.92. The monoisotopic (exact) mass is 430 g/mol. The lowest BCUT2D eigenvalue weighted by Gasteiger charge is -2.32. The van der Waals surface area contributed by atoms with Crippen molar-refractivity contribution in [3.63, 3.8) is 0 Å². The van der Waals surface area contributed by atoms with Gasteiger partial charge in [-0.15, -0.1) is 0 Å². The van der Waals surface area contributed by atoms with E-state index >= 15 is 0 Å². The van der Waals surface area contributed by atoms with Gasteiger partial charge in [0.2, 0.25) is 0 Å². The number of rotatable bonds is 9. The molecule has 1 unspecified atom stereocenters. The molecule has 0 N–H and O–H groups in total. The van der Waals surface area contributed by atoms with Gasteiger partial charge in [-0.3, -0.25) is 9.36 Å². The Hall–Kier alpha value is -2.81. The molecule has 0 bridgehead atoms. The molecule has 1 amide bonds. The van der Waals surface area contributed by atoms with Crippen LogP contribution in [0.4, 0.5) is 0 Å². The molecule has 2 aliphatic rings. The number of benzene rings is 1. The number of amides is 1. The second-order valence-corrected chi connectivity index (χ2v) is 8.10. The number of likely N-dealkylation sites (tertiary alicyclic amines) is 1. The van der Waals surface area contributed by atoms with Gasteiger partial charge in [-0.05, 0) is 37.8 Å². The van der Waals surface area contributed by atoms with E-state index < -0.39 is 0 Å². The van der Waals surface area contributed by atoms with Gasteiger partial charge in [0.25, 0.3) is 5.91 Å². The number of carbonyl (C=O) groups excluding carboxylic acids is 1. The van der Waals surface area contributed by atoms with E-state index in [1.54, 1.807) is 26.4 Å². The van der Waals surface area contributed by atoms with Gasteiger partial charge < -0.3 is 19.1 Å². The van der Waals surface area contributed by atoms with Crippen LogP contribution in [0.1, 0.15) is 43.5 Å². The Morgan fingerprint density at radius 2 is 2.00 bits per heavy atom.